The summed E-state index contributed by atoms with van der Waals surface area (Å²) < 4.78 is 0. The summed E-state index contributed by atoms with van der Waals surface area (Å²) in [6, 6.07) is 0.478. The lowest BCUT2D eigenvalue weighted by atomic mass is 10.1. The zero-order valence-electron chi connectivity index (χ0n) is 11.5. The first kappa shape index (κ1) is 20.3. The first-order valence-electron chi connectivity index (χ1n) is 6.68. The summed E-state index contributed by atoms with van der Waals surface area (Å²) >= 11 is 0. The fraction of sp³-hybridized carbons (Fsp3) is 0.917. The number of hydrogen-bond acceptors (Lipinski definition) is 1. The van der Waals surface area contributed by atoms with E-state index in [1.807, 2.05) is 5.43 Å². The normalized spacial score (nSPS) is 17.2. The van der Waals surface area contributed by atoms with Crippen molar-refractivity contribution in [2.75, 3.05) is 19.6 Å². The molecule has 1 heterocycles. The molecule has 1 amide bonds. The third kappa shape index (κ3) is 8.97. The van der Waals surface area contributed by atoms with Crippen molar-refractivity contribution >= 4 is 5.91 Å². The zero-order valence-corrected chi connectivity index (χ0v) is 13.0. The molecular weight excluding hydrogens is 273 g/mol. The second kappa shape index (κ2) is 12.0. The summed E-state index contributed by atoms with van der Waals surface area (Å²) in [5.74, 6) is 0.179. The first-order valence-corrected chi connectivity index (χ1v) is 6.68. The van der Waals surface area contributed by atoms with E-state index in [2.05, 4.69) is 19.3 Å². The number of nitrogens with two attached hydrogens (primary N) is 1. The van der Waals surface area contributed by atoms with Crippen LogP contribution in [0.5, 0.6) is 0 Å². The van der Waals surface area contributed by atoms with Crippen LogP contribution in [0.1, 0.15) is 46.0 Å². The number of piperidine rings is 1. The molecule has 110 valence electrons. The van der Waals surface area contributed by atoms with Gasteiger partial charge in [-0.3, -0.25) is 4.79 Å². The summed E-state index contributed by atoms with van der Waals surface area (Å²) in [5, 5.41) is 0. The quantitative estimate of drug-likeness (QED) is 0.255. The molecule has 1 aliphatic rings. The first-order chi connectivity index (χ1) is 7.72. The molecule has 0 saturated carbocycles. The molecule has 1 atom stereocenters. The highest BCUT2D eigenvalue weighted by Gasteiger charge is 2.15. The van der Waals surface area contributed by atoms with E-state index in [1.165, 1.54) is 32.4 Å². The number of nitrogens with one attached hydrogen (secondary N) is 2. The largest absolute Gasteiger partial charge is 1.00 e. The zero-order chi connectivity index (χ0) is 11.8. The molecule has 0 aliphatic carbocycles. The highest BCUT2D eigenvalue weighted by atomic mass is 35.5. The Hall–Kier alpha value is -0.0300. The highest BCUT2D eigenvalue weighted by molar-refractivity contribution is 5.74. The molecule has 1 rings (SSSR count). The van der Waals surface area contributed by atoms with Crippen molar-refractivity contribution in [1.29, 1.82) is 0 Å². The Morgan fingerprint density at radius 3 is 2.44 bits per heavy atom. The van der Waals surface area contributed by atoms with Gasteiger partial charge in [-0.15, -0.1) is 0 Å². The second-order valence-corrected chi connectivity index (χ2v) is 4.93. The SMILES string of the molecule is CCC(C)[NH2+]NC(=O)CC[NH+]1CCCCC1.[Cl-].[Cl-]. The predicted octanol–water partition coefficient (Wildman–Crippen LogP) is -7.15. The summed E-state index contributed by atoms with van der Waals surface area (Å²) in [6.45, 7) is 7.76. The third-order valence-electron chi connectivity index (χ3n) is 3.44. The van der Waals surface area contributed by atoms with Crippen molar-refractivity contribution in [1.82, 2.24) is 5.43 Å². The molecule has 0 aromatic carbocycles. The van der Waals surface area contributed by atoms with Crippen molar-refractivity contribution in [3.8, 4) is 0 Å². The maximum absolute atomic E-state index is 11.6. The predicted molar refractivity (Wildman–Crippen MR) is 63.9 cm³/mol. The molecule has 0 radical (unpaired) electrons. The van der Waals surface area contributed by atoms with E-state index in [-0.39, 0.29) is 30.7 Å². The fourth-order valence-electron chi connectivity index (χ4n) is 2.02. The Morgan fingerprint density at radius 2 is 1.89 bits per heavy atom. The van der Waals surface area contributed by atoms with E-state index in [0.29, 0.717) is 12.5 Å². The van der Waals surface area contributed by atoms with Gasteiger partial charge in [-0.25, -0.2) is 10.9 Å². The van der Waals surface area contributed by atoms with Crippen LogP contribution in [-0.2, 0) is 4.79 Å². The van der Waals surface area contributed by atoms with Gasteiger partial charge in [0.1, 0.15) is 6.04 Å². The van der Waals surface area contributed by atoms with Gasteiger partial charge in [-0.05, 0) is 32.6 Å². The topological polar surface area (TPSA) is 50.1 Å². The van der Waals surface area contributed by atoms with Gasteiger partial charge in [0, 0.05) is 0 Å². The van der Waals surface area contributed by atoms with Gasteiger partial charge < -0.3 is 29.7 Å². The molecule has 1 unspecified atom stereocenters. The number of quaternary nitrogens is 2. The second-order valence-electron chi connectivity index (χ2n) is 4.93. The smallest absolute Gasteiger partial charge is 0.270 e. The highest BCUT2D eigenvalue weighted by Crippen LogP contribution is 1.94. The number of carbonyl (C=O) groups is 1. The Bertz CT molecular complexity index is 211. The van der Waals surface area contributed by atoms with Crippen molar-refractivity contribution in [3.05, 3.63) is 0 Å². The molecule has 0 spiro atoms. The van der Waals surface area contributed by atoms with Crippen molar-refractivity contribution in [3.63, 3.8) is 0 Å². The number of halogens is 2. The van der Waals surface area contributed by atoms with Gasteiger partial charge in [0.2, 0.25) is 0 Å². The lowest BCUT2D eigenvalue weighted by Crippen LogP contribution is -3.13. The van der Waals surface area contributed by atoms with Crippen LogP contribution in [0.15, 0.2) is 0 Å². The number of carbonyl (C=O) groups excluding carboxylic acids is 1. The maximum Gasteiger partial charge on any atom is 0.270 e. The van der Waals surface area contributed by atoms with Gasteiger partial charge in [0.05, 0.1) is 26.1 Å². The molecule has 18 heavy (non-hydrogen) atoms. The monoisotopic (exact) mass is 299 g/mol. The minimum absolute atomic E-state index is 0. The molecule has 0 aromatic rings. The standard InChI is InChI=1S/C12H25N3O.2ClH/c1-3-11(2)13-14-12(16)7-10-15-8-5-4-6-9-15;;/h11,13H,3-10H2,1-2H3,(H,14,16);2*1H. The lowest BCUT2D eigenvalue weighted by molar-refractivity contribution is -0.904. The summed E-state index contributed by atoms with van der Waals surface area (Å²) in [7, 11) is 0. The fourth-order valence-corrected chi connectivity index (χ4v) is 2.02. The number of amides is 1. The van der Waals surface area contributed by atoms with Crippen LogP contribution in [0, 0.1) is 0 Å². The summed E-state index contributed by atoms with van der Waals surface area (Å²) in [5.41, 5.74) is 4.82. The molecule has 6 heteroatoms. The van der Waals surface area contributed by atoms with Crippen LogP contribution >= 0.6 is 0 Å². The summed E-state index contributed by atoms with van der Waals surface area (Å²) in [4.78, 5) is 13.2. The van der Waals surface area contributed by atoms with Crippen LogP contribution in [-0.4, -0.2) is 31.6 Å². The number of rotatable bonds is 6. The van der Waals surface area contributed by atoms with Gasteiger partial charge in [-0.2, -0.15) is 0 Å². The molecule has 1 saturated heterocycles. The Morgan fingerprint density at radius 1 is 1.28 bits per heavy atom. The third-order valence-corrected chi connectivity index (χ3v) is 3.44. The van der Waals surface area contributed by atoms with E-state index in [1.54, 1.807) is 4.90 Å². The van der Waals surface area contributed by atoms with Gasteiger partial charge in [0.25, 0.3) is 5.91 Å². The molecule has 4 nitrogen and oxygen atoms in total. The van der Waals surface area contributed by atoms with E-state index in [4.69, 9.17) is 0 Å². The molecule has 4 N–H and O–H groups in total. The molecule has 1 aliphatic heterocycles. The number of likely N-dealkylation sites (tertiary alicyclic amines) is 1. The van der Waals surface area contributed by atoms with Crippen molar-refractivity contribution in [2.24, 2.45) is 0 Å². The Balaban J connectivity index is 0. The molecule has 1 fully saturated rings. The average molecular weight is 300 g/mol. The maximum atomic E-state index is 11.6. The van der Waals surface area contributed by atoms with Gasteiger partial charge >= 0.3 is 0 Å². The minimum Gasteiger partial charge on any atom is -1.00 e. The lowest BCUT2D eigenvalue weighted by Gasteiger charge is -2.23. The van der Waals surface area contributed by atoms with Crippen LogP contribution in [0.25, 0.3) is 0 Å². The van der Waals surface area contributed by atoms with Crippen LogP contribution in [0.2, 0.25) is 0 Å². The average Bonchev–Trinajstić information content (AvgIpc) is 2.34. The van der Waals surface area contributed by atoms with E-state index < -0.39 is 0 Å². The van der Waals surface area contributed by atoms with E-state index >= 15 is 0 Å². The van der Waals surface area contributed by atoms with Gasteiger partial charge in [0.15, 0.2) is 0 Å². The van der Waals surface area contributed by atoms with Crippen LogP contribution in [0.3, 0.4) is 0 Å². The summed E-state index contributed by atoms with van der Waals surface area (Å²) in [6.07, 6.45) is 5.78. The molecule has 0 aromatic heterocycles. The van der Waals surface area contributed by atoms with E-state index in [0.717, 1.165) is 13.0 Å². The Labute approximate surface area is 123 Å². The van der Waals surface area contributed by atoms with Crippen LogP contribution in [0.4, 0.5) is 0 Å². The molecule has 0 bridgehead atoms. The van der Waals surface area contributed by atoms with E-state index in [9.17, 15) is 4.79 Å². The number of hydrogen-bond donors (Lipinski definition) is 3. The van der Waals surface area contributed by atoms with Crippen molar-refractivity contribution < 1.29 is 39.9 Å². The minimum atomic E-state index is 0. The van der Waals surface area contributed by atoms with Crippen molar-refractivity contribution in [2.45, 2.75) is 52.0 Å². The van der Waals surface area contributed by atoms with Gasteiger partial charge in [-0.1, -0.05) is 6.92 Å². The van der Waals surface area contributed by atoms with Crippen LogP contribution < -0.4 is 40.6 Å². The Kier molecular flexibility index (Phi) is 13.6. The molecular formula is C12H27Cl2N3O.